The molecule has 4 atom stereocenters. The molecule has 1 heterocycles. The van der Waals surface area contributed by atoms with E-state index in [-0.39, 0.29) is 11.0 Å². The summed E-state index contributed by atoms with van der Waals surface area (Å²) in [6, 6.07) is 14.6. The van der Waals surface area contributed by atoms with Gasteiger partial charge in [-0.3, -0.25) is 4.79 Å². The SMILES string of the molecule is C[C@]12CC[C@@H]3c4cccc(-c5oc(=O)c6ccccc6c5C5CC5)c4CC[C@H]3[C@@H]1CCC2=O. The lowest BCUT2D eigenvalue weighted by atomic mass is 9.55. The van der Waals surface area contributed by atoms with E-state index in [4.69, 9.17) is 4.42 Å². The van der Waals surface area contributed by atoms with Gasteiger partial charge >= 0.3 is 5.63 Å². The van der Waals surface area contributed by atoms with Gasteiger partial charge in [0.05, 0.1) is 5.39 Å². The van der Waals surface area contributed by atoms with Gasteiger partial charge < -0.3 is 4.42 Å². The molecule has 0 amide bonds. The summed E-state index contributed by atoms with van der Waals surface area (Å²) in [5.74, 6) is 3.45. The Morgan fingerprint density at radius 1 is 0.879 bits per heavy atom. The molecule has 3 saturated carbocycles. The van der Waals surface area contributed by atoms with E-state index in [1.807, 2.05) is 18.2 Å². The molecule has 2 aromatic carbocycles. The molecule has 7 rings (SSSR count). The highest BCUT2D eigenvalue weighted by molar-refractivity contribution is 5.90. The molecule has 33 heavy (non-hydrogen) atoms. The van der Waals surface area contributed by atoms with Crippen molar-refractivity contribution in [3.8, 4) is 11.3 Å². The van der Waals surface area contributed by atoms with Crippen molar-refractivity contribution >= 4 is 16.6 Å². The van der Waals surface area contributed by atoms with Crippen molar-refractivity contribution in [1.82, 2.24) is 0 Å². The van der Waals surface area contributed by atoms with Crippen LogP contribution in [-0.2, 0) is 11.2 Å². The summed E-state index contributed by atoms with van der Waals surface area (Å²) in [6.45, 7) is 2.24. The third-order valence-corrected chi connectivity index (χ3v) is 9.59. The summed E-state index contributed by atoms with van der Waals surface area (Å²) >= 11 is 0. The van der Waals surface area contributed by atoms with E-state index in [2.05, 4.69) is 31.2 Å². The van der Waals surface area contributed by atoms with E-state index in [9.17, 15) is 9.59 Å². The van der Waals surface area contributed by atoms with Crippen molar-refractivity contribution in [1.29, 1.82) is 0 Å². The van der Waals surface area contributed by atoms with Crippen LogP contribution < -0.4 is 5.63 Å². The molecule has 1 aromatic heterocycles. The second-order valence-electron chi connectivity index (χ2n) is 11.2. The monoisotopic (exact) mass is 438 g/mol. The Hall–Kier alpha value is -2.68. The number of benzene rings is 2. The van der Waals surface area contributed by atoms with E-state index < -0.39 is 0 Å². The first-order chi connectivity index (χ1) is 16.1. The van der Waals surface area contributed by atoms with Crippen LogP contribution in [0.1, 0.15) is 80.4 Å². The number of ketones is 1. The average Bonchev–Trinajstić information content (AvgIpc) is 3.62. The minimum Gasteiger partial charge on any atom is -0.422 e. The quantitative estimate of drug-likeness (QED) is 0.444. The highest BCUT2D eigenvalue weighted by Gasteiger charge is 2.54. The fraction of sp³-hybridized carbons (Fsp3) is 0.467. The fourth-order valence-corrected chi connectivity index (χ4v) is 7.80. The van der Waals surface area contributed by atoms with Gasteiger partial charge in [0.2, 0.25) is 0 Å². The molecule has 0 saturated heterocycles. The van der Waals surface area contributed by atoms with E-state index in [1.54, 1.807) is 0 Å². The maximum absolute atomic E-state index is 13.0. The number of fused-ring (bicyclic) bond motifs is 6. The molecule has 3 heteroatoms. The van der Waals surface area contributed by atoms with Gasteiger partial charge in [0.1, 0.15) is 11.5 Å². The number of carbonyl (C=O) groups is 1. The molecule has 3 aromatic rings. The van der Waals surface area contributed by atoms with Gasteiger partial charge in [-0.05, 0) is 91.2 Å². The Labute approximate surface area is 194 Å². The van der Waals surface area contributed by atoms with Crippen molar-refractivity contribution in [2.24, 2.45) is 17.3 Å². The molecule has 3 fully saturated rings. The maximum Gasteiger partial charge on any atom is 0.344 e. The molecule has 0 N–H and O–H groups in total. The van der Waals surface area contributed by atoms with Crippen molar-refractivity contribution in [2.45, 2.75) is 70.1 Å². The minimum atomic E-state index is -0.228. The number of Topliss-reactive ketones (excluding diaryl/α,β-unsaturated/α-hetero) is 1. The Balaban J connectivity index is 1.38. The van der Waals surface area contributed by atoms with Crippen LogP contribution in [0, 0.1) is 17.3 Å². The standard InChI is InChI=1S/C30H30O3/c1-30-16-15-20-18-7-4-8-23(19(18)11-12-21(20)25(30)13-14-26(30)31)28-27(17-9-10-17)22-5-2-3-6-24(22)29(32)33-28/h2-8,17,20-21,25H,9-16H2,1H3/t20-,21-,25+,30+/m1/s1. The van der Waals surface area contributed by atoms with Crippen LogP contribution in [0.15, 0.2) is 51.7 Å². The molecular weight excluding hydrogens is 408 g/mol. The first-order valence-corrected chi connectivity index (χ1v) is 12.8. The zero-order valence-corrected chi connectivity index (χ0v) is 19.2. The number of carbonyl (C=O) groups excluding carboxylic acids is 1. The molecule has 0 aliphatic heterocycles. The van der Waals surface area contributed by atoms with Gasteiger partial charge in [-0.1, -0.05) is 43.3 Å². The van der Waals surface area contributed by atoms with Crippen LogP contribution in [0.3, 0.4) is 0 Å². The molecule has 4 aliphatic rings. The summed E-state index contributed by atoms with van der Waals surface area (Å²) in [7, 11) is 0. The molecular formula is C30H30O3. The highest BCUT2D eigenvalue weighted by Crippen LogP contribution is 2.60. The average molecular weight is 439 g/mol. The summed E-state index contributed by atoms with van der Waals surface area (Å²) in [5, 5.41) is 1.76. The topological polar surface area (TPSA) is 47.3 Å². The normalized spacial score (nSPS) is 30.7. The fourth-order valence-electron chi connectivity index (χ4n) is 7.80. The Morgan fingerprint density at radius 3 is 2.52 bits per heavy atom. The van der Waals surface area contributed by atoms with Gasteiger partial charge in [-0.15, -0.1) is 0 Å². The molecule has 4 aliphatic carbocycles. The molecule has 168 valence electrons. The van der Waals surface area contributed by atoms with Crippen LogP contribution in [0.4, 0.5) is 0 Å². The van der Waals surface area contributed by atoms with E-state index in [0.29, 0.717) is 34.8 Å². The van der Waals surface area contributed by atoms with Gasteiger partial charge in [-0.2, -0.15) is 0 Å². The smallest absolute Gasteiger partial charge is 0.344 e. The van der Waals surface area contributed by atoms with Crippen LogP contribution in [-0.4, -0.2) is 5.78 Å². The third kappa shape index (κ3) is 2.74. The van der Waals surface area contributed by atoms with Crippen LogP contribution in [0.2, 0.25) is 0 Å². The molecule has 0 unspecified atom stereocenters. The van der Waals surface area contributed by atoms with E-state index >= 15 is 0 Å². The Kier molecular flexibility index (Phi) is 4.14. The van der Waals surface area contributed by atoms with Crippen LogP contribution in [0.25, 0.3) is 22.1 Å². The van der Waals surface area contributed by atoms with Crippen molar-refractivity contribution in [2.75, 3.05) is 0 Å². The lowest BCUT2D eigenvalue weighted by molar-refractivity contribution is -0.129. The summed E-state index contributed by atoms with van der Waals surface area (Å²) in [6.07, 6.45) is 8.42. The molecule has 0 bridgehead atoms. The van der Waals surface area contributed by atoms with Crippen molar-refractivity contribution in [3.63, 3.8) is 0 Å². The highest BCUT2D eigenvalue weighted by atomic mass is 16.4. The minimum absolute atomic E-state index is 0.0967. The third-order valence-electron chi connectivity index (χ3n) is 9.59. The maximum atomic E-state index is 13.0. The zero-order chi connectivity index (χ0) is 22.3. The van der Waals surface area contributed by atoms with Crippen LogP contribution >= 0.6 is 0 Å². The van der Waals surface area contributed by atoms with E-state index in [1.165, 1.54) is 29.5 Å². The van der Waals surface area contributed by atoms with Gasteiger partial charge in [-0.25, -0.2) is 4.79 Å². The second-order valence-corrected chi connectivity index (χ2v) is 11.2. The number of hydrogen-bond acceptors (Lipinski definition) is 3. The molecule has 0 radical (unpaired) electrons. The largest absolute Gasteiger partial charge is 0.422 e. The first-order valence-electron chi connectivity index (χ1n) is 12.8. The van der Waals surface area contributed by atoms with Crippen LogP contribution in [0.5, 0.6) is 0 Å². The lowest BCUT2D eigenvalue weighted by Gasteiger charge is -2.48. The summed E-state index contributed by atoms with van der Waals surface area (Å²) in [5.41, 5.74) is 4.87. The predicted octanol–water partition coefficient (Wildman–Crippen LogP) is 6.76. The van der Waals surface area contributed by atoms with Gasteiger partial charge in [0.25, 0.3) is 0 Å². The van der Waals surface area contributed by atoms with Crippen molar-refractivity contribution in [3.05, 3.63) is 69.6 Å². The van der Waals surface area contributed by atoms with E-state index in [0.717, 1.165) is 55.2 Å². The second kappa shape index (κ2) is 6.91. The lowest BCUT2D eigenvalue weighted by Crippen LogP contribution is -2.42. The Morgan fingerprint density at radius 2 is 1.70 bits per heavy atom. The predicted molar refractivity (Wildman–Crippen MR) is 130 cm³/mol. The van der Waals surface area contributed by atoms with Crippen molar-refractivity contribution < 1.29 is 9.21 Å². The molecule has 0 spiro atoms. The number of hydrogen-bond donors (Lipinski definition) is 0. The summed E-state index contributed by atoms with van der Waals surface area (Å²) in [4.78, 5) is 25.7. The zero-order valence-electron chi connectivity index (χ0n) is 19.2. The number of rotatable bonds is 2. The van der Waals surface area contributed by atoms with Gasteiger partial charge in [0, 0.05) is 23.0 Å². The van der Waals surface area contributed by atoms with Gasteiger partial charge in [0.15, 0.2) is 0 Å². The molecule has 3 nitrogen and oxygen atoms in total. The Bertz CT molecular complexity index is 1360. The first kappa shape index (κ1) is 19.8. The summed E-state index contributed by atoms with van der Waals surface area (Å²) < 4.78 is 6.11.